The number of carbonyl (C=O) groups is 1. The van der Waals surface area contributed by atoms with Crippen LogP contribution in [-0.2, 0) is 4.79 Å². The summed E-state index contributed by atoms with van der Waals surface area (Å²) >= 11 is 2.85. The average Bonchev–Trinajstić information content (AvgIpc) is 3.18. The van der Waals surface area contributed by atoms with Crippen molar-refractivity contribution in [3.63, 3.8) is 0 Å². The Morgan fingerprint density at radius 1 is 1.16 bits per heavy atom. The molecule has 31 heavy (non-hydrogen) atoms. The van der Waals surface area contributed by atoms with E-state index in [1.54, 1.807) is 0 Å². The van der Waals surface area contributed by atoms with Crippen LogP contribution in [0.1, 0.15) is 5.56 Å². The quantitative estimate of drug-likeness (QED) is 0.540. The maximum absolute atomic E-state index is 13.9. The lowest BCUT2D eigenvalue weighted by atomic mass is 10.2. The molecule has 9 heteroatoms. The second-order valence-electron chi connectivity index (χ2n) is 7.51. The predicted molar refractivity (Wildman–Crippen MR) is 123 cm³/mol. The van der Waals surface area contributed by atoms with Gasteiger partial charge in [0.25, 0.3) is 0 Å². The SMILES string of the molecule is Cc1ccc(SCC(=O)NCCN2CCN(c3nc4c(F)cc(F)cc4s3)CC2)cc1. The van der Waals surface area contributed by atoms with Crippen molar-refractivity contribution in [1.29, 1.82) is 0 Å². The normalized spacial score (nSPS) is 14.9. The molecule has 1 fully saturated rings. The van der Waals surface area contributed by atoms with Crippen molar-refractivity contribution in [1.82, 2.24) is 15.2 Å². The molecule has 1 aliphatic heterocycles. The Hall–Kier alpha value is -2.23. The third-order valence-corrected chi connectivity index (χ3v) is 7.26. The monoisotopic (exact) mass is 462 g/mol. The second kappa shape index (κ2) is 9.93. The molecule has 0 bridgehead atoms. The molecule has 164 valence electrons. The molecule has 1 amide bonds. The van der Waals surface area contributed by atoms with Gasteiger partial charge in [-0.2, -0.15) is 0 Å². The number of anilines is 1. The van der Waals surface area contributed by atoms with Crippen molar-refractivity contribution in [2.75, 3.05) is 49.9 Å². The van der Waals surface area contributed by atoms with Crippen LogP contribution in [0.25, 0.3) is 10.2 Å². The number of amides is 1. The molecule has 0 aliphatic carbocycles. The number of nitrogens with zero attached hydrogens (tertiary/aromatic N) is 3. The van der Waals surface area contributed by atoms with Gasteiger partial charge in [0.15, 0.2) is 10.9 Å². The van der Waals surface area contributed by atoms with Gasteiger partial charge in [-0.1, -0.05) is 29.0 Å². The van der Waals surface area contributed by atoms with Gasteiger partial charge in [-0.05, 0) is 25.1 Å². The highest BCUT2D eigenvalue weighted by atomic mass is 32.2. The van der Waals surface area contributed by atoms with E-state index in [0.29, 0.717) is 17.0 Å². The van der Waals surface area contributed by atoms with Crippen LogP contribution in [0.15, 0.2) is 41.3 Å². The fourth-order valence-corrected chi connectivity index (χ4v) is 5.22. The van der Waals surface area contributed by atoms with E-state index in [-0.39, 0.29) is 11.4 Å². The second-order valence-corrected chi connectivity index (χ2v) is 9.57. The summed E-state index contributed by atoms with van der Waals surface area (Å²) in [4.78, 5) is 21.9. The van der Waals surface area contributed by atoms with Gasteiger partial charge in [0, 0.05) is 50.2 Å². The lowest BCUT2D eigenvalue weighted by Crippen LogP contribution is -2.48. The van der Waals surface area contributed by atoms with Crippen LogP contribution in [-0.4, -0.2) is 60.8 Å². The maximum Gasteiger partial charge on any atom is 0.230 e. The van der Waals surface area contributed by atoms with Gasteiger partial charge in [-0.3, -0.25) is 9.69 Å². The third kappa shape index (κ3) is 5.72. The highest BCUT2D eigenvalue weighted by Gasteiger charge is 2.21. The molecule has 4 rings (SSSR count). The van der Waals surface area contributed by atoms with Gasteiger partial charge in [-0.15, -0.1) is 11.8 Å². The number of hydrogen-bond acceptors (Lipinski definition) is 6. The molecule has 1 aromatic heterocycles. The summed E-state index contributed by atoms with van der Waals surface area (Å²) in [5.41, 5.74) is 1.44. The van der Waals surface area contributed by atoms with Crippen molar-refractivity contribution in [2.24, 2.45) is 0 Å². The van der Waals surface area contributed by atoms with E-state index in [0.717, 1.165) is 48.8 Å². The molecule has 1 N–H and O–H groups in total. The zero-order chi connectivity index (χ0) is 21.8. The number of benzene rings is 2. The van der Waals surface area contributed by atoms with Crippen molar-refractivity contribution in [3.8, 4) is 0 Å². The van der Waals surface area contributed by atoms with E-state index in [2.05, 4.69) is 20.1 Å². The van der Waals surface area contributed by atoms with Crippen molar-refractivity contribution >= 4 is 44.4 Å². The molecule has 0 unspecified atom stereocenters. The van der Waals surface area contributed by atoms with Crippen molar-refractivity contribution in [3.05, 3.63) is 53.6 Å². The highest BCUT2D eigenvalue weighted by Crippen LogP contribution is 2.31. The summed E-state index contributed by atoms with van der Waals surface area (Å²) < 4.78 is 27.8. The fourth-order valence-electron chi connectivity index (χ4n) is 3.43. The fraction of sp³-hybridized carbons (Fsp3) is 0.364. The minimum Gasteiger partial charge on any atom is -0.354 e. The topological polar surface area (TPSA) is 48.5 Å². The summed E-state index contributed by atoms with van der Waals surface area (Å²) in [6.45, 7) is 6.64. The number of hydrogen-bond donors (Lipinski definition) is 1. The van der Waals surface area contributed by atoms with E-state index >= 15 is 0 Å². The minimum atomic E-state index is -0.618. The van der Waals surface area contributed by atoms with E-state index in [1.165, 1.54) is 34.7 Å². The molecule has 0 saturated carbocycles. The Balaban J connectivity index is 1.18. The molecule has 1 aliphatic rings. The van der Waals surface area contributed by atoms with Gasteiger partial charge in [0.05, 0.1) is 10.5 Å². The molecule has 0 radical (unpaired) electrons. The number of thioether (sulfide) groups is 1. The Morgan fingerprint density at radius 2 is 1.90 bits per heavy atom. The zero-order valence-electron chi connectivity index (χ0n) is 17.2. The van der Waals surface area contributed by atoms with Gasteiger partial charge < -0.3 is 10.2 Å². The minimum absolute atomic E-state index is 0.0351. The molecular formula is C22H24F2N4OS2. The number of nitrogens with one attached hydrogen (secondary N) is 1. The summed E-state index contributed by atoms with van der Waals surface area (Å²) in [5.74, 6) is -0.754. The number of piperazine rings is 1. The summed E-state index contributed by atoms with van der Waals surface area (Å²) in [7, 11) is 0. The predicted octanol–water partition coefficient (Wildman–Crippen LogP) is 3.91. The van der Waals surface area contributed by atoms with Crippen LogP contribution >= 0.6 is 23.1 Å². The lowest BCUT2D eigenvalue weighted by molar-refractivity contribution is -0.118. The van der Waals surface area contributed by atoms with E-state index in [1.807, 2.05) is 31.2 Å². The number of rotatable bonds is 7. The Bertz CT molecular complexity index is 1050. The van der Waals surface area contributed by atoms with Crippen LogP contribution in [0, 0.1) is 18.6 Å². The zero-order valence-corrected chi connectivity index (χ0v) is 18.9. The molecular weight excluding hydrogens is 438 g/mol. The van der Waals surface area contributed by atoms with E-state index in [9.17, 15) is 13.6 Å². The summed E-state index contributed by atoms with van der Waals surface area (Å²) in [5, 5.41) is 3.70. The third-order valence-electron chi connectivity index (χ3n) is 5.19. The van der Waals surface area contributed by atoms with Crippen molar-refractivity contribution < 1.29 is 13.6 Å². The van der Waals surface area contributed by atoms with Crippen LogP contribution < -0.4 is 10.2 Å². The van der Waals surface area contributed by atoms with Gasteiger partial charge in [0.1, 0.15) is 11.3 Å². The largest absolute Gasteiger partial charge is 0.354 e. The number of carbonyl (C=O) groups excluding carboxylic acids is 1. The molecule has 5 nitrogen and oxygen atoms in total. The van der Waals surface area contributed by atoms with Gasteiger partial charge >= 0.3 is 0 Å². The highest BCUT2D eigenvalue weighted by molar-refractivity contribution is 8.00. The standard InChI is InChI=1S/C22H24F2N4OS2/c1-15-2-4-17(5-3-15)30-14-20(29)25-6-7-27-8-10-28(11-9-27)22-26-21-18(24)12-16(23)13-19(21)31-22/h2-5,12-13H,6-11,14H2,1H3,(H,25,29). The first kappa shape index (κ1) is 22.0. The van der Waals surface area contributed by atoms with Crippen LogP contribution in [0.4, 0.5) is 13.9 Å². The number of thiazole rings is 1. The first-order valence-corrected chi connectivity index (χ1v) is 12.0. The Labute approximate surface area is 188 Å². The van der Waals surface area contributed by atoms with Crippen LogP contribution in [0.5, 0.6) is 0 Å². The van der Waals surface area contributed by atoms with E-state index < -0.39 is 11.6 Å². The Kier molecular flexibility index (Phi) is 7.04. The Morgan fingerprint density at radius 3 is 2.65 bits per heavy atom. The number of aromatic nitrogens is 1. The summed E-state index contributed by atoms with van der Waals surface area (Å²) in [6, 6.07) is 10.4. The van der Waals surface area contributed by atoms with Crippen LogP contribution in [0.2, 0.25) is 0 Å². The molecule has 2 aromatic carbocycles. The van der Waals surface area contributed by atoms with Crippen LogP contribution in [0.3, 0.4) is 0 Å². The summed E-state index contributed by atoms with van der Waals surface area (Å²) in [6.07, 6.45) is 0. The maximum atomic E-state index is 13.9. The molecule has 0 atom stereocenters. The van der Waals surface area contributed by atoms with E-state index in [4.69, 9.17) is 0 Å². The first-order valence-electron chi connectivity index (χ1n) is 10.2. The number of fused-ring (bicyclic) bond motifs is 1. The molecule has 3 aromatic rings. The molecule has 0 spiro atoms. The van der Waals surface area contributed by atoms with Gasteiger partial charge in [-0.25, -0.2) is 13.8 Å². The van der Waals surface area contributed by atoms with Gasteiger partial charge in [0.2, 0.25) is 5.91 Å². The number of aryl methyl sites for hydroxylation is 1. The van der Waals surface area contributed by atoms with Crippen molar-refractivity contribution in [2.45, 2.75) is 11.8 Å². The molecule has 1 saturated heterocycles. The molecule has 2 heterocycles. The number of halogens is 2. The average molecular weight is 463 g/mol. The smallest absolute Gasteiger partial charge is 0.230 e. The lowest BCUT2D eigenvalue weighted by Gasteiger charge is -2.34. The first-order chi connectivity index (χ1) is 15.0.